The molecule has 2 N–H and O–H groups in total. The van der Waals surface area contributed by atoms with Gasteiger partial charge in [-0.1, -0.05) is 6.07 Å². The number of H-pyrrole nitrogens is 1. The van der Waals surface area contributed by atoms with Crippen molar-refractivity contribution in [3.05, 3.63) is 58.8 Å². The minimum absolute atomic E-state index is 0.0981. The van der Waals surface area contributed by atoms with Crippen molar-refractivity contribution in [3.8, 4) is 5.88 Å². The number of rotatable bonds is 5. The van der Waals surface area contributed by atoms with Gasteiger partial charge in [-0.25, -0.2) is 8.78 Å². The molecule has 176 valence electrons. The van der Waals surface area contributed by atoms with Crippen molar-refractivity contribution in [1.82, 2.24) is 9.97 Å². The van der Waals surface area contributed by atoms with E-state index < -0.39 is 47.8 Å². The molecular formula is C22H19F5N2O4. The number of alkyl halides is 3. The highest BCUT2D eigenvalue weighted by Gasteiger charge is 2.48. The number of hydrogen-bond donors (Lipinski definition) is 2. The summed E-state index contributed by atoms with van der Waals surface area (Å²) < 4.78 is 85.7. The van der Waals surface area contributed by atoms with E-state index >= 15 is 0 Å². The Labute approximate surface area is 184 Å². The maximum absolute atomic E-state index is 13.9. The monoisotopic (exact) mass is 470 g/mol. The first-order valence-electron chi connectivity index (χ1n) is 10.3. The Morgan fingerprint density at radius 3 is 2.52 bits per heavy atom. The minimum atomic E-state index is -4.71. The molecule has 33 heavy (non-hydrogen) atoms. The van der Waals surface area contributed by atoms with Crippen LogP contribution in [0.25, 0.3) is 11.0 Å². The molecule has 4 atom stereocenters. The molecule has 3 aromatic rings. The smallest absolute Gasteiger partial charge is 0.418 e. The van der Waals surface area contributed by atoms with E-state index in [1.165, 1.54) is 12.1 Å². The molecule has 0 unspecified atom stereocenters. The van der Waals surface area contributed by atoms with E-state index in [4.69, 9.17) is 14.2 Å². The van der Waals surface area contributed by atoms with Crippen molar-refractivity contribution < 1.29 is 41.3 Å². The van der Waals surface area contributed by atoms with Crippen LogP contribution in [-0.2, 0) is 28.5 Å². The van der Waals surface area contributed by atoms with Crippen LogP contribution in [0.5, 0.6) is 5.88 Å². The number of aliphatic hydroxyl groups is 1. The van der Waals surface area contributed by atoms with Gasteiger partial charge in [0.25, 0.3) is 0 Å². The first-order chi connectivity index (χ1) is 15.7. The lowest BCUT2D eigenvalue weighted by Gasteiger charge is -2.16. The summed E-state index contributed by atoms with van der Waals surface area (Å²) in [6, 6.07) is 5.66. The van der Waals surface area contributed by atoms with Gasteiger partial charge in [-0.15, -0.1) is 0 Å². The van der Waals surface area contributed by atoms with Crippen LogP contribution in [0.2, 0.25) is 0 Å². The van der Waals surface area contributed by atoms with Crippen molar-refractivity contribution >= 4 is 11.0 Å². The zero-order valence-corrected chi connectivity index (χ0v) is 17.0. The number of fused-ring (bicyclic) bond motifs is 2. The zero-order chi connectivity index (χ0) is 23.3. The number of benzene rings is 1. The van der Waals surface area contributed by atoms with Crippen molar-refractivity contribution in [2.45, 2.75) is 43.4 Å². The van der Waals surface area contributed by atoms with Crippen LogP contribution < -0.4 is 4.74 Å². The van der Waals surface area contributed by atoms with Crippen LogP contribution in [0.3, 0.4) is 0 Å². The van der Waals surface area contributed by atoms with Gasteiger partial charge in [0.2, 0.25) is 0 Å². The molecule has 2 aromatic heterocycles. The lowest BCUT2D eigenvalue weighted by atomic mass is 10.0. The van der Waals surface area contributed by atoms with Crippen LogP contribution in [0.15, 0.2) is 30.3 Å². The van der Waals surface area contributed by atoms with Gasteiger partial charge in [0.15, 0.2) is 12.0 Å². The number of nitrogens with one attached hydrogen (secondary N) is 1. The Morgan fingerprint density at radius 2 is 1.79 bits per heavy atom. The Bertz CT molecular complexity index is 1160. The third-order valence-electron chi connectivity index (χ3n) is 5.90. The van der Waals surface area contributed by atoms with Gasteiger partial charge in [-0.3, -0.25) is 4.98 Å². The first-order valence-corrected chi connectivity index (χ1v) is 10.3. The number of ether oxygens (including phenoxy) is 3. The summed E-state index contributed by atoms with van der Waals surface area (Å²) in [6.45, 7) is 0.271. The molecule has 0 radical (unpaired) electrons. The second-order valence-corrected chi connectivity index (χ2v) is 8.07. The highest BCUT2D eigenvalue weighted by Crippen LogP contribution is 2.36. The van der Waals surface area contributed by atoms with Gasteiger partial charge in [-0.2, -0.15) is 13.2 Å². The predicted octanol–water partition coefficient (Wildman–Crippen LogP) is 3.55. The number of aliphatic hydroxyl groups excluding tert-OH is 1. The second-order valence-electron chi connectivity index (χ2n) is 8.07. The number of nitrogens with zero attached hydrogens (tertiary/aromatic N) is 1. The third kappa shape index (κ3) is 4.16. The van der Waals surface area contributed by atoms with Crippen LogP contribution in [0.4, 0.5) is 22.0 Å². The molecular weight excluding hydrogens is 451 g/mol. The number of pyridine rings is 1. The average Bonchev–Trinajstić information content (AvgIpc) is 3.43. The van der Waals surface area contributed by atoms with E-state index in [1.807, 2.05) is 0 Å². The van der Waals surface area contributed by atoms with E-state index in [1.54, 1.807) is 0 Å². The van der Waals surface area contributed by atoms with Gasteiger partial charge in [0, 0.05) is 11.6 Å². The van der Waals surface area contributed by atoms with Crippen molar-refractivity contribution in [2.24, 2.45) is 0 Å². The fourth-order valence-corrected chi connectivity index (χ4v) is 4.29. The van der Waals surface area contributed by atoms with Gasteiger partial charge >= 0.3 is 6.18 Å². The largest absolute Gasteiger partial charge is 0.470 e. The number of aromatic amines is 1. The average molecular weight is 470 g/mol. The zero-order valence-electron chi connectivity index (χ0n) is 17.0. The quantitative estimate of drug-likeness (QED) is 0.558. The Morgan fingerprint density at radius 1 is 1.06 bits per heavy atom. The maximum Gasteiger partial charge on any atom is 0.418 e. The molecule has 0 spiro atoms. The number of aryl methyl sites for hydroxylation is 1. The standard InChI is InChI=1S/C22H19F5N2O4/c23-12-2-1-3-13(24)10(12)4-5-14-11(22(25,26)27)6-15-16(28-14)7-19(29-15)33-18-9-32-20-17(30)8-31-21(18)20/h1-3,6-7,17-18,20-21,29-30H,4-5,8-9H2/t17-,18-,20-,21-/m1/s1. The lowest BCUT2D eigenvalue weighted by molar-refractivity contribution is -0.138. The lowest BCUT2D eigenvalue weighted by Crippen LogP contribution is -2.34. The summed E-state index contributed by atoms with van der Waals surface area (Å²) in [5.41, 5.74) is -1.30. The summed E-state index contributed by atoms with van der Waals surface area (Å²) in [5, 5.41) is 9.83. The summed E-state index contributed by atoms with van der Waals surface area (Å²) in [6.07, 6.45) is -7.62. The summed E-state index contributed by atoms with van der Waals surface area (Å²) in [4.78, 5) is 6.88. The first kappa shape index (κ1) is 22.1. The topological polar surface area (TPSA) is 76.6 Å². The van der Waals surface area contributed by atoms with Crippen LogP contribution >= 0.6 is 0 Å². The molecule has 2 aliphatic rings. The molecule has 2 saturated heterocycles. The molecule has 2 aliphatic heterocycles. The van der Waals surface area contributed by atoms with Crippen molar-refractivity contribution in [1.29, 1.82) is 0 Å². The highest BCUT2D eigenvalue weighted by atomic mass is 19.4. The Kier molecular flexibility index (Phi) is 5.50. The molecule has 2 fully saturated rings. The van der Waals surface area contributed by atoms with Gasteiger partial charge in [0.05, 0.1) is 35.5 Å². The molecule has 0 bridgehead atoms. The van der Waals surface area contributed by atoms with Crippen LogP contribution in [0, 0.1) is 11.6 Å². The van der Waals surface area contributed by atoms with Crippen molar-refractivity contribution in [3.63, 3.8) is 0 Å². The van der Waals surface area contributed by atoms with Crippen molar-refractivity contribution in [2.75, 3.05) is 13.2 Å². The number of aromatic nitrogens is 2. The Balaban J connectivity index is 1.42. The normalized spacial score (nSPS) is 25.0. The molecule has 1 aromatic carbocycles. The third-order valence-corrected chi connectivity index (χ3v) is 5.90. The number of halogens is 5. The summed E-state index contributed by atoms with van der Waals surface area (Å²) >= 11 is 0. The molecule has 0 amide bonds. The van der Waals surface area contributed by atoms with E-state index in [-0.39, 0.29) is 54.2 Å². The van der Waals surface area contributed by atoms with E-state index in [9.17, 15) is 27.1 Å². The van der Waals surface area contributed by atoms with Crippen LogP contribution in [0.1, 0.15) is 16.8 Å². The van der Waals surface area contributed by atoms with E-state index in [0.29, 0.717) is 0 Å². The van der Waals surface area contributed by atoms with Gasteiger partial charge in [0.1, 0.15) is 29.9 Å². The predicted molar refractivity (Wildman–Crippen MR) is 105 cm³/mol. The summed E-state index contributed by atoms with van der Waals surface area (Å²) in [7, 11) is 0. The highest BCUT2D eigenvalue weighted by molar-refractivity contribution is 5.78. The fourth-order valence-electron chi connectivity index (χ4n) is 4.29. The van der Waals surface area contributed by atoms with Gasteiger partial charge < -0.3 is 24.3 Å². The minimum Gasteiger partial charge on any atom is -0.470 e. The molecule has 4 heterocycles. The molecule has 5 rings (SSSR count). The molecule has 6 nitrogen and oxygen atoms in total. The molecule has 11 heteroatoms. The van der Waals surface area contributed by atoms with E-state index in [2.05, 4.69) is 9.97 Å². The summed E-state index contributed by atoms with van der Waals surface area (Å²) in [5.74, 6) is -1.47. The number of hydrogen-bond acceptors (Lipinski definition) is 5. The second kappa shape index (κ2) is 8.23. The van der Waals surface area contributed by atoms with Crippen LogP contribution in [-0.4, -0.2) is 52.7 Å². The fraction of sp³-hybridized carbons (Fsp3) is 0.409. The Hall–Kier alpha value is -2.76. The molecule has 0 aliphatic carbocycles. The van der Waals surface area contributed by atoms with Gasteiger partial charge in [-0.05, 0) is 31.0 Å². The maximum atomic E-state index is 13.9. The van der Waals surface area contributed by atoms with E-state index in [0.717, 1.165) is 18.2 Å². The molecule has 0 saturated carbocycles. The SMILES string of the molecule is O[C@@H]1CO[C@H]2[C@@H]1OC[C@H]2Oc1cc2nc(CCc3c(F)cccc3F)c(C(F)(F)F)cc2[nH]1.